The van der Waals surface area contributed by atoms with Gasteiger partial charge in [0.1, 0.15) is 27.8 Å². The standard InChI is InChI=1S/C21H18ClN5O5S/c1-12-21(13(2)32-25-12)27-20(28)9-6-16(24-27)14-4-7-17(31-3)18(10-14)33(29,30)26-19-8-5-15(22)11-23-19/h4-11H,1-3H3,(H,23,26). The Labute approximate surface area is 193 Å². The number of pyridine rings is 1. The van der Waals surface area contributed by atoms with Crippen molar-refractivity contribution in [1.82, 2.24) is 19.9 Å². The molecule has 33 heavy (non-hydrogen) atoms. The maximum atomic E-state index is 13.1. The highest BCUT2D eigenvalue weighted by molar-refractivity contribution is 7.92. The quantitative estimate of drug-likeness (QED) is 0.438. The Morgan fingerprint density at radius 1 is 1.12 bits per heavy atom. The zero-order chi connectivity index (χ0) is 23.8. The lowest BCUT2D eigenvalue weighted by Gasteiger charge is -2.13. The molecule has 0 bridgehead atoms. The number of aromatic nitrogens is 4. The molecule has 0 saturated carbocycles. The van der Waals surface area contributed by atoms with Gasteiger partial charge in [-0.05, 0) is 50.2 Å². The summed E-state index contributed by atoms with van der Waals surface area (Å²) in [7, 11) is -2.71. The van der Waals surface area contributed by atoms with E-state index in [2.05, 4.69) is 20.0 Å². The third-order valence-electron chi connectivity index (χ3n) is 4.72. The summed E-state index contributed by atoms with van der Waals surface area (Å²) in [5.74, 6) is 0.646. The number of sulfonamides is 1. The van der Waals surface area contributed by atoms with Crippen molar-refractivity contribution in [3.63, 3.8) is 0 Å². The lowest BCUT2D eigenvalue weighted by molar-refractivity contribution is 0.392. The van der Waals surface area contributed by atoms with E-state index in [0.717, 1.165) is 0 Å². The van der Waals surface area contributed by atoms with Gasteiger partial charge in [-0.2, -0.15) is 9.78 Å². The number of hydrogen-bond acceptors (Lipinski definition) is 8. The number of hydrogen-bond donors (Lipinski definition) is 1. The minimum atomic E-state index is -4.08. The fourth-order valence-electron chi connectivity index (χ4n) is 3.18. The molecular weight excluding hydrogens is 470 g/mol. The summed E-state index contributed by atoms with van der Waals surface area (Å²) in [6.07, 6.45) is 1.33. The number of rotatable bonds is 6. The second-order valence-corrected chi connectivity index (χ2v) is 9.06. The van der Waals surface area contributed by atoms with Crippen LogP contribution in [0, 0.1) is 13.8 Å². The first-order valence-corrected chi connectivity index (χ1v) is 11.4. The normalized spacial score (nSPS) is 11.4. The fourth-order valence-corrected chi connectivity index (χ4v) is 4.50. The van der Waals surface area contributed by atoms with Gasteiger partial charge in [0.2, 0.25) is 0 Å². The average molecular weight is 488 g/mol. The number of ether oxygens (including phenoxy) is 1. The van der Waals surface area contributed by atoms with Crippen LogP contribution in [0.1, 0.15) is 11.5 Å². The largest absolute Gasteiger partial charge is 0.495 e. The number of anilines is 1. The molecule has 0 radical (unpaired) electrons. The summed E-state index contributed by atoms with van der Waals surface area (Å²) in [5, 5.41) is 8.63. The lowest BCUT2D eigenvalue weighted by Crippen LogP contribution is -2.21. The van der Waals surface area contributed by atoms with Crippen molar-refractivity contribution >= 4 is 27.4 Å². The molecule has 0 amide bonds. The molecule has 0 aliphatic carbocycles. The van der Waals surface area contributed by atoms with Crippen LogP contribution in [0.25, 0.3) is 16.9 Å². The van der Waals surface area contributed by atoms with E-state index in [-0.39, 0.29) is 22.0 Å². The second kappa shape index (κ2) is 8.68. The van der Waals surface area contributed by atoms with Crippen molar-refractivity contribution in [3.8, 4) is 22.7 Å². The van der Waals surface area contributed by atoms with Crippen LogP contribution in [0.3, 0.4) is 0 Å². The fraction of sp³-hybridized carbons (Fsp3) is 0.143. The topological polar surface area (TPSA) is 129 Å². The predicted octanol–water partition coefficient (Wildman–Crippen LogP) is 3.36. The molecule has 0 aliphatic rings. The lowest BCUT2D eigenvalue weighted by atomic mass is 10.1. The monoisotopic (exact) mass is 487 g/mol. The molecule has 10 nitrogen and oxygen atoms in total. The number of halogens is 1. The van der Waals surface area contributed by atoms with Gasteiger partial charge in [-0.25, -0.2) is 13.4 Å². The van der Waals surface area contributed by atoms with Crippen LogP contribution in [0.15, 0.2) is 62.9 Å². The van der Waals surface area contributed by atoms with Gasteiger partial charge in [0.25, 0.3) is 15.6 Å². The third-order valence-corrected chi connectivity index (χ3v) is 6.32. The van der Waals surface area contributed by atoms with Crippen molar-refractivity contribution < 1.29 is 17.7 Å². The molecule has 4 rings (SSSR count). The molecule has 0 aliphatic heterocycles. The van der Waals surface area contributed by atoms with Gasteiger partial charge in [0.05, 0.1) is 17.8 Å². The van der Waals surface area contributed by atoms with E-state index in [0.29, 0.717) is 33.4 Å². The molecule has 4 aromatic rings. The van der Waals surface area contributed by atoms with Gasteiger partial charge >= 0.3 is 0 Å². The van der Waals surface area contributed by atoms with E-state index in [9.17, 15) is 13.2 Å². The predicted molar refractivity (Wildman–Crippen MR) is 121 cm³/mol. The molecule has 3 aromatic heterocycles. The summed E-state index contributed by atoms with van der Waals surface area (Å²) in [6.45, 7) is 3.37. The number of aryl methyl sites for hydroxylation is 2. The van der Waals surface area contributed by atoms with Crippen LogP contribution in [-0.4, -0.2) is 35.4 Å². The molecule has 3 heterocycles. The number of nitrogens with one attached hydrogen (secondary N) is 1. The van der Waals surface area contributed by atoms with Gasteiger partial charge in [0, 0.05) is 17.8 Å². The highest BCUT2D eigenvalue weighted by Crippen LogP contribution is 2.30. The highest BCUT2D eigenvalue weighted by atomic mass is 35.5. The van der Waals surface area contributed by atoms with Crippen LogP contribution in [0.5, 0.6) is 5.75 Å². The third kappa shape index (κ3) is 4.45. The van der Waals surface area contributed by atoms with E-state index in [4.69, 9.17) is 20.9 Å². The van der Waals surface area contributed by atoms with E-state index in [1.165, 1.54) is 54.4 Å². The maximum Gasteiger partial charge on any atom is 0.271 e. The van der Waals surface area contributed by atoms with Crippen LogP contribution >= 0.6 is 11.6 Å². The minimum Gasteiger partial charge on any atom is -0.495 e. The molecule has 0 atom stereocenters. The summed E-state index contributed by atoms with van der Waals surface area (Å²) < 4.78 is 40.1. The van der Waals surface area contributed by atoms with E-state index >= 15 is 0 Å². The smallest absolute Gasteiger partial charge is 0.271 e. The SMILES string of the molecule is COc1ccc(-c2ccc(=O)n(-c3c(C)noc3C)n2)cc1S(=O)(=O)Nc1ccc(Cl)cn1. The van der Waals surface area contributed by atoms with Crippen molar-refractivity contribution in [1.29, 1.82) is 0 Å². The molecule has 170 valence electrons. The van der Waals surface area contributed by atoms with E-state index in [1.807, 2.05) is 0 Å². The Kier molecular flexibility index (Phi) is 5.91. The summed E-state index contributed by atoms with van der Waals surface area (Å²) in [4.78, 5) is 16.3. The first kappa shape index (κ1) is 22.5. The van der Waals surface area contributed by atoms with Crippen LogP contribution in [0.4, 0.5) is 5.82 Å². The molecule has 0 spiro atoms. The van der Waals surface area contributed by atoms with Gasteiger partial charge in [0.15, 0.2) is 5.76 Å². The van der Waals surface area contributed by atoms with Gasteiger partial charge in [-0.3, -0.25) is 9.52 Å². The Hall–Kier alpha value is -3.70. The number of benzene rings is 1. The Bertz CT molecular complexity index is 1480. The van der Waals surface area contributed by atoms with Gasteiger partial charge < -0.3 is 9.26 Å². The van der Waals surface area contributed by atoms with Crippen molar-refractivity contribution in [2.75, 3.05) is 11.8 Å². The minimum absolute atomic E-state index is 0.0944. The van der Waals surface area contributed by atoms with Crippen molar-refractivity contribution in [3.05, 3.63) is 75.5 Å². The summed E-state index contributed by atoms with van der Waals surface area (Å²) >= 11 is 5.82. The van der Waals surface area contributed by atoms with Gasteiger partial charge in [-0.15, -0.1) is 0 Å². The van der Waals surface area contributed by atoms with E-state index < -0.39 is 10.0 Å². The Balaban J connectivity index is 1.80. The molecule has 0 saturated heterocycles. The van der Waals surface area contributed by atoms with Gasteiger partial charge in [-0.1, -0.05) is 16.8 Å². The molecule has 0 fully saturated rings. The molecule has 1 aromatic carbocycles. The number of methoxy groups -OCH3 is 1. The summed E-state index contributed by atoms with van der Waals surface area (Å²) in [6, 6.07) is 10.3. The molecule has 1 N–H and O–H groups in total. The number of nitrogens with zero attached hydrogens (tertiary/aromatic N) is 4. The summed E-state index contributed by atoms with van der Waals surface area (Å²) in [5.41, 5.74) is 1.35. The zero-order valence-corrected chi connectivity index (χ0v) is 19.3. The van der Waals surface area contributed by atoms with E-state index in [1.54, 1.807) is 19.9 Å². The maximum absolute atomic E-state index is 13.1. The van der Waals surface area contributed by atoms with Crippen molar-refractivity contribution in [2.45, 2.75) is 18.7 Å². The first-order valence-electron chi connectivity index (χ1n) is 9.56. The molecular formula is C21H18ClN5O5S. The van der Waals surface area contributed by atoms with Crippen molar-refractivity contribution in [2.24, 2.45) is 0 Å². The molecule has 12 heteroatoms. The average Bonchev–Trinajstić information content (AvgIpc) is 3.13. The van der Waals surface area contributed by atoms with Crippen LogP contribution in [0.2, 0.25) is 5.02 Å². The van der Waals surface area contributed by atoms with Crippen LogP contribution in [-0.2, 0) is 10.0 Å². The highest BCUT2D eigenvalue weighted by Gasteiger charge is 2.22. The van der Waals surface area contributed by atoms with Crippen LogP contribution < -0.4 is 15.0 Å². The zero-order valence-electron chi connectivity index (χ0n) is 17.7. The Morgan fingerprint density at radius 3 is 2.55 bits per heavy atom. The second-order valence-electron chi connectivity index (χ2n) is 6.97. The molecule has 0 unspecified atom stereocenters. The Morgan fingerprint density at radius 2 is 1.91 bits per heavy atom. The first-order chi connectivity index (χ1) is 15.7.